The number of phenolic OH excluding ortho intramolecular Hbond substituents is 2. The monoisotopic (exact) mass is 496 g/mol. The highest BCUT2D eigenvalue weighted by molar-refractivity contribution is 6.24. The van der Waals surface area contributed by atoms with E-state index in [1.54, 1.807) is 6.07 Å². The van der Waals surface area contributed by atoms with Gasteiger partial charge in [-0.15, -0.1) is 0 Å². The van der Waals surface area contributed by atoms with Gasteiger partial charge in [-0.25, -0.2) is 9.69 Å². The molecular weight excluding hydrogens is 468 g/mol. The Balaban J connectivity index is 1.72. The van der Waals surface area contributed by atoms with Crippen LogP contribution in [0.15, 0.2) is 36.4 Å². The number of imide groups is 1. The van der Waals surface area contributed by atoms with E-state index in [1.165, 1.54) is 30.3 Å². The zero-order valence-electron chi connectivity index (χ0n) is 19.7. The molecule has 0 aliphatic carbocycles. The number of aromatic hydroxyl groups is 2. The number of phenols is 2. The van der Waals surface area contributed by atoms with Crippen LogP contribution in [0, 0.1) is 11.8 Å². The Kier molecular flexibility index (Phi) is 6.98. The molecule has 10 nitrogen and oxygen atoms in total. The van der Waals surface area contributed by atoms with Crippen molar-refractivity contribution in [3.05, 3.63) is 53.1 Å². The van der Waals surface area contributed by atoms with Crippen molar-refractivity contribution in [3.63, 3.8) is 0 Å². The maximum atomic E-state index is 13.5. The lowest BCUT2D eigenvalue weighted by molar-refractivity contribution is -0.142. The van der Waals surface area contributed by atoms with Gasteiger partial charge in [0.2, 0.25) is 11.8 Å². The van der Waals surface area contributed by atoms with Gasteiger partial charge in [0.1, 0.15) is 17.5 Å². The summed E-state index contributed by atoms with van der Waals surface area (Å²) >= 11 is 0. The second-order valence-electron chi connectivity index (χ2n) is 9.23. The van der Waals surface area contributed by atoms with Gasteiger partial charge in [-0.2, -0.15) is 0 Å². The number of amides is 2. The number of aromatic carboxylic acids is 1. The van der Waals surface area contributed by atoms with Crippen LogP contribution < -0.4 is 10.2 Å². The molecule has 0 spiro atoms. The molecule has 2 aromatic carbocycles. The number of carbonyl (C=O) groups is 4. The predicted molar refractivity (Wildman–Crippen MR) is 128 cm³/mol. The molecule has 0 unspecified atom stereocenters. The zero-order chi connectivity index (χ0) is 26.1. The number of aryl methyl sites for hydroxylation is 1. The summed E-state index contributed by atoms with van der Waals surface area (Å²) in [5, 5.41) is 42.9. The first-order chi connectivity index (χ1) is 17.1. The van der Waals surface area contributed by atoms with E-state index in [9.17, 15) is 39.6 Å². The first-order valence-electron chi connectivity index (χ1n) is 11.9. The minimum absolute atomic E-state index is 0.0359. The van der Waals surface area contributed by atoms with Crippen LogP contribution in [0.5, 0.6) is 11.5 Å². The van der Waals surface area contributed by atoms with E-state index in [-0.39, 0.29) is 28.3 Å². The SMILES string of the molecule is CCCCCCc1cc([C@@H]2N[C@H](C(=O)O)[C@@H]3C(=O)N(c4cccc(C(=O)O)c4)C(=O)[C@@H]32)c(O)cc1O. The Labute approximate surface area is 207 Å². The fraction of sp³-hybridized carbons (Fsp3) is 0.385. The van der Waals surface area contributed by atoms with E-state index in [1.807, 2.05) is 0 Å². The minimum atomic E-state index is -1.40. The maximum absolute atomic E-state index is 13.5. The van der Waals surface area contributed by atoms with Crippen LogP contribution in [-0.4, -0.2) is 50.2 Å². The van der Waals surface area contributed by atoms with Gasteiger partial charge in [-0.05, 0) is 42.7 Å². The molecule has 0 saturated carbocycles. The topological polar surface area (TPSA) is 164 Å². The van der Waals surface area contributed by atoms with Crippen LogP contribution in [0.1, 0.15) is 60.1 Å². The maximum Gasteiger partial charge on any atom is 0.335 e. The summed E-state index contributed by atoms with van der Waals surface area (Å²) in [5.41, 5.74) is 0.686. The van der Waals surface area contributed by atoms with Gasteiger partial charge in [-0.1, -0.05) is 32.3 Å². The summed E-state index contributed by atoms with van der Waals surface area (Å²) in [4.78, 5) is 51.1. The lowest BCUT2D eigenvalue weighted by Gasteiger charge is -2.23. The first-order valence-corrected chi connectivity index (χ1v) is 11.9. The van der Waals surface area contributed by atoms with Crippen LogP contribution in [0.3, 0.4) is 0 Å². The first kappa shape index (κ1) is 25.2. The van der Waals surface area contributed by atoms with Crippen molar-refractivity contribution in [3.8, 4) is 11.5 Å². The van der Waals surface area contributed by atoms with Crippen LogP contribution in [0.4, 0.5) is 5.69 Å². The van der Waals surface area contributed by atoms with E-state index in [2.05, 4.69) is 12.2 Å². The lowest BCUT2D eigenvalue weighted by Crippen LogP contribution is -2.43. The quantitative estimate of drug-likeness (QED) is 0.259. The average molecular weight is 497 g/mol. The van der Waals surface area contributed by atoms with Gasteiger partial charge in [0.05, 0.1) is 23.1 Å². The molecule has 4 atom stereocenters. The van der Waals surface area contributed by atoms with Gasteiger partial charge >= 0.3 is 11.9 Å². The summed E-state index contributed by atoms with van der Waals surface area (Å²) in [6.07, 6.45) is 4.37. The Morgan fingerprint density at radius 3 is 2.33 bits per heavy atom. The molecule has 2 amide bonds. The van der Waals surface area contributed by atoms with Crippen molar-refractivity contribution in [1.82, 2.24) is 5.32 Å². The summed E-state index contributed by atoms with van der Waals surface area (Å²) < 4.78 is 0. The molecule has 2 heterocycles. The van der Waals surface area contributed by atoms with Gasteiger partial charge in [0.25, 0.3) is 0 Å². The Morgan fingerprint density at radius 2 is 1.67 bits per heavy atom. The number of nitrogens with one attached hydrogen (secondary N) is 1. The highest BCUT2D eigenvalue weighted by Crippen LogP contribution is 2.48. The number of rotatable bonds is 9. The van der Waals surface area contributed by atoms with Crippen molar-refractivity contribution in [1.29, 1.82) is 0 Å². The average Bonchev–Trinajstić information content (AvgIpc) is 3.34. The number of aliphatic carboxylic acids is 1. The zero-order valence-corrected chi connectivity index (χ0v) is 19.7. The highest BCUT2D eigenvalue weighted by atomic mass is 16.4. The molecule has 2 aromatic rings. The molecule has 10 heteroatoms. The Hall–Kier alpha value is -3.92. The number of hydrogen-bond donors (Lipinski definition) is 5. The number of carboxylic acid groups (broad SMARTS) is 2. The van der Waals surface area contributed by atoms with Crippen molar-refractivity contribution < 1.29 is 39.6 Å². The summed E-state index contributed by atoms with van der Waals surface area (Å²) in [6, 6.07) is 5.64. The largest absolute Gasteiger partial charge is 0.508 e. The normalized spacial score (nSPS) is 23.2. The van der Waals surface area contributed by atoms with Gasteiger partial charge in [-0.3, -0.25) is 19.7 Å². The van der Waals surface area contributed by atoms with Crippen LogP contribution in [-0.2, 0) is 20.8 Å². The number of anilines is 1. The van der Waals surface area contributed by atoms with E-state index in [4.69, 9.17) is 0 Å². The molecule has 2 aliphatic rings. The van der Waals surface area contributed by atoms with Crippen LogP contribution >= 0.6 is 0 Å². The number of carbonyl (C=O) groups excluding carboxylic acids is 2. The van der Waals surface area contributed by atoms with Crippen LogP contribution in [0.2, 0.25) is 0 Å². The number of fused-ring (bicyclic) bond motifs is 1. The fourth-order valence-electron chi connectivity index (χ4n) is 5.19. The van der Waals surface area contributed by atoms with E-state index in [0.29, 0.717) is 12.0 Å². The second kappa shape index (κ2) is 9.98. The third kappa shape index (κ3) is 4.39. The van der Waals surface area contributed by atoms with E-state index < -0.39 is 47.7 Å². The molecule has 0 aromatic heterocycles. The van der Waals surface area contributed by atoms with Crippen molar-refractivity contribution in [2.24, 2.45) is 11.8 Å². The number of hydrogen-bond acceptors (Lipinski definition) is 7. The predicted octanol–water partition coefficient (Wildman–Crippen LogP) is 2.82. The third-order valence-corrected chi connectivity index (χ3v) is 6.96. The second-order valence-corrected chi connectivity index (χ2v) is 9.23. The molecule has 2 aliphatic heterocycles. The molecule has 190 valence electrons. The summed E-state index contributed by atoms with van der Waals surface area (Å²) in [5.74, 6) is -6.83. The number of benzene rings is 2. The molecule has 0 bridgehead atoms. The fourth-order valence-corrected chi connectivity index (χ4v) is 5.19. The third-order valence-electron chi connectivity index (χ3n) is 6.96. The van der Waals surface area contributed by atoms with Gasteiger partial charge in [0, 0.05) is 17.7 Å². The summed E-state index contributed by atoms with van der Waals surface area (Å²) in [7, 11) is 0. The minimum Gasteiger partial charge on any atom is -0.508 e. The highest BCUT2D eigenvalue weighted by Gasteiger charge is 2.61. The van der Waals surface area contributed by atoms with E-state index >= 15 is 0 Å². The number of unbranched alkanes of at least 4 members (excludes halogenated alkanes) is 3. The van der Waals surface area contributed by atoms with Crippen molar-refractivity contribution >= 4 is 29.4 Å². The number of carboxylic acids is 2. The Morgan fingerprint density at radius 1 is 0.944 bits per heavy atom. The molecular formula is C26H28N2O8. The molecule has 36 heavy (non-hydrogen) atoms. The van der Waals surface area contributed by atoms with E-state index in [0.717, 1.165) is 30.6 Å². The molecule has 2 fully saturated rings. The molecule has 4 rings (SSSR count). The standard InChI is InChI=1S/C26H28N2O8/c1-2-3-4-5-7-13-11-16(18(30)12-17(13)29)21-19-20(22(27-21)26(35)36)24(32)28(23(19)31)15-9-6-8-14(10-15)25(33)34/h6,8-12,19-22,27,29-30H,2-5,7H2,1H3,(H,33,34)(H,35,36)/t19-,20+,21-,22-/m0/s1. The van der Waals surface area contributed by atoms with Crippen molar-refractivity contribution in [2.75, 3.05) is 4.90 Å². The number of nitrogens with zero attached hydrogens (tertiary/aromatic N) is 1. The van der Waals surface area contributed by atoms with Gasteiger partial charge in [0.15, 0.2) is 0 Å². The molecule has 0 radical (unpaired) electrons. The van der Waals surface area contributed by atoms with Crippen molar-refractivity contribution in [2.45, 2.75) is 51.1 Å². The van der Waals surface area contributed by atoms with Gasteiger partial charge < -0.3 is 20.4 Å². The summed E-state index contributed by atoms with van der Waals surface area (Å²) in [6.45, 7) is 2.08. The smallest absolute Gasteiger partial charge is 0.335 e. The van der Waals surface area contributed by atoms with Crippen LogP contribution in [0.25, 0.3) is 0 Å². The lowest BCUT2D eigenvalue weighted by atomic mass is 9.85. The molecule has 2 saturated heterocycles. The Bertz CT molecular complexity index is 1230. The molecule has 5 N–H and O–H groups in total.